The Kier molecular flexibility index (Phi) is 3.74. The highest BCUT2D eigenvalue weighted by atomic mass is 16.1. The van der Waals surface area contributed by atoms with Crippen LogP contribution in [0.2, 0.25) is 0 Å². The smallest absolute Gasteiger partial charge is 0.270 e. The van der Waals surface area contributed by atoms with Gasteiger partial charge in [0.25, 0.3) is 5.91 Å². The van der Waals surface area contributed by atoms with Crippen molar-refractivity contribution < 1.29 is 4.79 Å². The van der Waals surface area contributed by atoms with Crippen LogP contribution in [0.25, 0.3) is 0 Å². The molecule has 2 atom stereocenters. The Hall–Kier alpha value is -1.42. The summed E-state index contributed by atoms with van der Waals surface area (Å²) in [6.45, 7) is 2.53. The number of hydrogen-bond acceptors (Lipinski definition) is 3. The van der Waals surface area contributed by atoms with E-state index in [0.717, 1.165) is 25.0 Å². The number of rotatable bonds is 3. The van der Waals surface area contributed by atoms with Crippen molar-refractivity contribution in [1.29, 1.82) is 0 Å². The highest BCUT2D eigenvalue weighted by Crippen LogP contribution is 2.24. The lowest BCUT2D eigenvalue weighted by atomic mass is 10.0. The molecule has 0 aromatic carbocycles. The Morgan fingerprint density at radius 1 is 1.53 bits per heavy atom. The van der Waals surface area contributed by atoms with Gasteiger partial charge in [-0.1, -0.05) is 12.5 Å². The van der Waals surface area contributed by atoms with Crippen LogP contribution in [-0.2, 0) is 0 Å². The predicted octanol–water partition coefficient (Wildman–Crippen LogP) is 1.25. The second-order valence-corrected chi connectivity index (χ2v) is 4.67. The van der Waals surface area contributed by atoms with Gasteiger partial charge in [-0.15, -0.1) is 0 Å². The number of nitrogens with two attached hydrogens (primary N) is 1. The molecule has 0 bridgehead atoms. The molecule has 1 heterocycles. The molecule has 0 radical (unpaired) electrons. The van der Waals surface area contributed by atoms with E-state index in [9.17, 15) is 4.79 Å². The van der Waals surface area contributed by atoms with E-state index in [2.05, 4.69) is 10.3 Å². The van der Waals surface area contributed by atoms with Crippen molar-refractivity contribution in [3.05, 3.63) is 29.6 Å². The summed E-state index contributed by atoms with van der Waals surface area (Å²) in [5, 5.41) is 3.04. The third-order valence-corrected chi connectivity index (χ3v) is 3.40. The zero-order valence-corrected chi connectivity index (χ0v) is 10.1. The summed E-state index contributed by atoms with van der Waals surface area (Å²) in [5.41, 5.74) is 7.05. The molecular weight excluding hydrogens is 214 g/mol. The van der Waals surface area contributed by atoms with Crippen LogP contribution in [0.1, 0.15) is 35.4 Å². The first-order chi connectivity index (χ1) is 8.20. The van der Waals surface area contributed by atoms with E-state index in [-0.39, 0.29) is 11.9 Å². The summed E-state index contributed by atoms with van der Waals surface area (Å²) in [6.07, 6.45) is 3.29. The molecular formula is C13H19N3O. The van der Waals surface area contributed by atoms with Gasteiger partial charge in [0.2, 0.25) is 0 Å². The van der Waals surface area contributed by atoms with Crippen LogP contribution < -0.4 is 11.1 Å². The maximum Gasteiger partial charge on any atom is 0.270 e. The third kappa shape index (κ3) is 2.82. The molecule has 1 aliphatic rings. The Balaban J connectivity index is 2.01. The number of hydrogen-bond donors (Lipinski definition) is 2. The molecule has 4 heteroatoms. The Labute approximate surface area is 102 Å². The van der Waals surface area contributed by atoms with Crippen molar-refractivity contribution in [2.75, 3.05) is 6.54 Å². The van der Waals surface area contributed by atoms with Crippen LogP contribution in [0.15, 0.2) is 18.2 Å². The van der Waals surface area contributed by atoms with Crippen LogP contribution in [0.3, 0.4) is 0 Å². The molecule has 0 spiro atoms. The molecule has 2 rings (SSSR count). The van der Waals surface area contributed by atoms with Gasteiger partial charge < -0.3 is 11.1 Å². The average Bonchev–Trinajstić information content (AvgIpc) is 2.76. The summed E-state index contributed by atoms with van der Waals surface area (Å²) in [7, 11) is 0. The first-order valence-corrected chi connectivity index (χ1v) is 6.15. The van der Waals surface area contributed by atoms with Gasteiger partial charge in [-0.2, -0.15) is 0 Å². The van der Waals surface area contributed by atoms with Gasteiger partial charge in [0.05, 0.1) is 0 Å². The summed E-state index contributed by atoms with van der Waals surface area (Å²) < 4.78 is 0. The lowest BCUT2D eigenvalue weighted by molar-refractivity contribution is 0.0923. The van der Waals surface area contributed by atoms with E-state index >= 15 is 0 Å². The number of carbonyl (C=O) groups excluding carboxylic acids is 1. The molecule has 1 aromatic heterocycles. The zero-order valence-electron chi connectivity index (χ0n) is 10.1. The summed E-state index contributed by atoms with van der Waals surface area (Å²) in [4.78, 5) is 16.2. The fourth-order valence-corrected chi connectivity index (χ4v) is 2.42. The SMILES string of the molecule is Cc1cccc(C(=O)NC2CCCC2CN)n1. The Morgan fingerprint density at radius 2 is 2.35 bits per heavy atom. The van der Waals surface area contributed by atoms with E-state index in [1.165, 1.54) is 0 Å². The molecule has 0 saturated heterocycles. The van der Waals surface area contributed by atoms with E-state index in [0.29, 0.717) is 18.2 Å². The highest BCUT2D eigenvalue weighted by molar-refractivity contribution is 5.92. The fourth-order valence-electron chi connectivity index (χ4n) is 2.42. The predicted molar refractivity (Wildman–Crippen MR) is 66.6 cm³/mol. The van der Waals surface area contributed by atoms with Crippen LogP contribution in [-0.4, -0.2) is 23.5 Å². The van der Waals surface area contributed by atoms with Crippen LogP contribution in [0, 0.1) is 12.8 Å². The second kappa shape index (κ2) is 5.27. The molecule has 1 amide bonds. The van der Waals surface area contributed by atoms with Crippen molar-refractivity contribution >= 4 is 5.91 Å². The van der Waals surface area contributed by atoms with Crippen LogP contribution in [0.5, 0.6) is 0 Å². The lowest BCUT2D eigenvalue weighted by Gasteiger charge is -2.19. The van der Waals surface area contributed by atoms with Crippen molar-refractivity contribution in [3.8, 4) is 0 Å². The largest absolute Gasteiger partial charge is 0.348 e. The molecule has 0 aliphatic heterocycles. The number of aromatic nitrogens is 1. The number of carbonyl (C=O) groups is 1. The molecule has 17 heavy (non-hydrogen) atoms. The minimum atomic E-state index is -0.0842. The molecule has 3 N–H and O–H groups in total. The highest BCUT2D eigenvalue weighted by Gasteiger charge is 2.27. The van der Waals surface area contributed by atoms with Crippen molar-refractivity contribution in [1.82, 2.24) is 10.3 Å². The van der Waals surface area contributed by atoms with Crippen molar-refractivity contribution in [3.63, 3.8) is 0 Å². The van der Waals surface area contributed by atoms with E-state index in [1.807, 2.05) is 19.1 Å². The number of aryl methyl sites for hydroxylation is 1. The third-order valence-electron chi connectivity index (χ3n) is 3.40. The van der Waals surface area contributed by atoms with Gasteiger partial charge in [-0.25, -0.2) is 4.98 Å². The number of amides is 1. The van der Waals surface area contributed by atoms with Crippen molar-refractivity contribution in [2.45, 2.75) is 32.2 Å². The molecule has 1 aliphatic carbocycles. The van der Waals surface area contributed by atoms with Gasteiger partial charge in [-0.3, -0.25) is 4.79 Å². The molecule has 1 fully saturated rings. The van der Waals surface area contributed by atoms with Gasteiger partial charge in [0, 0.05) is 11.7 Å². The minimum Gasteiger partial charge on any atom is -0.348 e. The minimum absolute atomic E-state index is 0.0842. The van der Waals surface area contributed by atoms with E-state index in [1.54, 1.807) is 6.07 Å². The van der Waals surface area contributed by atoms with E-state index < -0.39 is 0 Å². The van der Waals surface area contributed by atoms with E-state index in [4.69, 9.17) is 5.73 Å². The van der Waals surface area contributed by atoms with Gasteiger partial charge >= 0.3 is 0 Å². The second-order valence-electron chi connectivity index (χ2n) is 4.67. The zero-order chi connectivity index (χ0) is 12.3. The standard InChI is InChI=1S/C13H19N3O/c1-9-4-2-7-12(15-9)13(17)16-11-6-3-5-10(11)8-14/h2,4,7,10-11H,3,5-6,8,14H2,1H3,(H,16,17). The quantitative estimate of drug-likeness (QED) is 0.825. The molecule has 1 aromatic rings. The van der Waals surface area contributed by atoms with Gasteiger partial charge in [0.1, 0.15) is 5.69 Å². The summed E-state index contributed by atoms with van der Waals surface area (Å²) in [5.74, 6) is 0.336. The maximum absolute atomic E-state index is 12.0. The summed E-state index contributed by atoms with van der Waals surface area (Å²) in [6, 6.07) is 5.70. The first-order valence-electron chi connectivity index (χ1n) is 6.15. The monoisotopic (exact) mass is 233 g/mol. The fraction of sp³-hybridized carbons (Fsp3) is 0.538. The summed E-state index contributed by atoms with van der Waals surface area (Å²) >= 11 is 0. The van der Waals surface area contributed by atoms with Gasteiger partial charge in [-0.05, 0) is 44.4 Å². The Bertz CT molecular complexity index is 405. The average molecular weight is 233 g/mol. The maximum atomic E-state index is 12.0. The topological polar surface area (TPSA) is 68.0 Å². The molecule has 2 unspecified atom stereocenters. The molecule has 1 saturated carbocycles. The van der Waals surface area contributed by atoms with Crippen LogP contribution in [0.4, 0.5) is 0 Å². The van der Waals surface area contributed by atoms with Gasteiger partial charge in [0.15, 0.2) is 0 Å². The first kappa shape index (κ1) is 12.0. The number of nitrogens with zero attached hydrogens (tertiary/aromatic N) is 1. The number of nitrogens with one attached hydrogen (secondary N) is 1. The van der Waals surface area contributed by atoms with Crippen LogP contribution >= 0.6 is 0 Å². The molecule has 4 nitrogen and oxygen atoms in total. The molecule has 92 valence electrons. The lowest BCUT2D eigenvalue weighted by Crippen LogP contribution is -2.40. The normalized spacial score (nSPS) is 23.6. The number of pyridine rings is 1. The Morgan fingerprint density at radius 3 is 3.06 bits per heavy atom. The van der Waals surface area contributed by atoms with Crippen molar-refractivity contribution in [2.24, 2.45) is 11.7 Å².